The summed E-state index contributed by atoms with van der Waals surface area (Å²) >= 11 is 0. The first kappa shape index (κ1) is 15.8. The average Bonchev–Trinajstić information content (AvgIpc) is 2.33. The van der Waals surface area contributed by atoms with Crippen molar-refractivity contribution in [1.82, 2.24) is 10.2 Å². The van der Waals surface area contributed by atoms with Gasteiger partial charge in [0.15, 0.2) is 0 Å². The lowest BCUT2D eigenvalue weighted by Gasteiger charge is -2.40. The highest BCUT2D eigenvalue weighted by atomic mass is 19.3. The molecule has 1 saturated heterocycles. The van der Waals surface area contributed by atoms with Gasteiger partial charge >= 0.3 is 0 Å². The molecule has 0 saturated carbocycles. The standard InChI is InChI=1S/C13H26F2N2O/c1-10(2)17-8-11(4-3-5-18)6-12(9-17)16-7-13(14)15/h10-13,16,18H,3-9H2,1-2H3. The molecule has 1 heterocycles. The molecule has 0 radical (unpaired) electrons. The van der Waals surface area contributed by atoms with Crippen LogP contribution in [-0.4, -0.2) is 54.8 Å². The molecule has 1 fully saturated rings. The minimum absolute atomic E-state index is 0.152. The zero-order valence-electron chi connectivity index (χ0n) is 11.4. The number of likely N-dealkylation sites (tertiary alicyclic amines) is 1. The Hall–Kier alpha value is -0.260. The Morgan fingerprint density at radius 3 is 2.61 bits per heavy atom. The molecular weight excluding hydrogens is 238 g/mol. The van der Waals surface area contributed by atoms with Crippen LogP contribution >= 0.6 is 0 Å². The van der Waals surface area contributed by atoms with Crippen LogP contribution in [0.15, 0.2) is 0 Å². The van der Waals surface area contributed by atoms with E-state index in [0.717, 1.165) is 32.4 Å². The van der Waals surface area contributed by atoms with E-state index in [1.165, 1.54) is 0 Å². The van der Waals surface area contributed by atoms with Crippen LogP contribution in [0.3, 0.4) is 0 Å². The zero-order chi connectivity index (χ0) is 13.5. The van der Waals surface area contributed by atoms with Crippen LogP contribution in [0.5, 0.6) is 0 Å². The summed E-state index contributed by atoms with van der Waals surface area (Å²) in [5, 5.41) is 11.8. The van der Waals surface area contributed by atoms with Crippen molar-refractivity contribution in [3.8, 4) is 0 Å². The molecule has 2 atom stereocenters. The topological polar surface area (TPSA) is 35.5 Å². The molecule has 18 heavy (non-hydrogen) atoms. The van der Waals surface area contributed by atoms with Gasteiger partial charge in [0.1, 0.15) is 0 Å². The van der Waals surface area contributed by atoms with Gasteiger partial charge in [-0.3, -0.25) is 4.90 Å². The maximum absolute atomic E-state index is 12.2. The molecule has 0 bridgehead atoms. The van der Waals surface area contributed by atoms with Gasteiger partial charge in [-0.05, 0) is 39.0 Å². The summed E-state index contributed by atoms with van der Waals surface area (Å²) in [6.07, 6.45) is 0.441. The van der Waals surface area contributed by atoms with Gasteiger partial charge in [0.2, 0.25) is 0 Å². The number of nitrogens with zero attached hydrogens (tertiary/aromatic N) is 1. The summed E-state index contributed by atoms with van der Waals surface area (Å²) < 4.78 is 24.5. The average molecular weight is 264 g/mol. The minimum atomic E-state index is -2.28. The molecule has 108 valence electrons. The molecule has 2 N–H and O–H groups in total. The lowest BCUT2D eigenvalue weighted by atomic mass is 9.89. The normalized spacial score (nSPS) is 26.2. The Morgan fingerprint density at radius 1 is 1.33 bits per heavy atom. The van der Waals surface area contributed by atoms with E-state index in [-0.39, 0.29) is 19.2 Å². The van der Waals surface area contributed by atoms with Crippen LogP contribution in [0, 0.1) is 5.92 Å². The molecule has 3 nitrogen and oxygen atoms in total. The van der Waals surface area contributed by atoms with Gasteiger partial charge in [-0.1, -0.05) is 0 Å². The molecule has 0 amide bonds. The van der Waals surface area contributed by atoms with E-state index in [1.807, 2.05) is 0 Å². The van der Waals surface area contributed by atoms with Crippen LogP contribution in [0.4, 0.5) is 8.78 Å². The summed E-state index contributed by atoms with van der Waals surface area (Å²) in [5.41, 5.74) is 0. The number of aliphatic hydroxyl groups is 1. The molecule has 1 rings (SSSR count). The van der Waals surface area contributed by atoms with Crippen molar-refractivity contribution >= 4 is 0 Å². The lowest BCUT2D eigenvalue weighted by molar-refractivity contribution is 0.0874. The summed E-state index contributed by atoms with van der Waals surface area (Å²) in [6, 6.07) is 0.594. The molecule has 2 unspecified atom stereocenters. The second-order valence-electron chi connectivity index (χ2n) is 5.51. The van der Waals surface area contributed by atoms with Crippen LogP contribution in [-0.2, 0) is 0 Å². The maximum atomic E-state index is 12.2. The molecule has 0 aliphatic carbocycles. The third kappa shape index (κ3) is 5.59. The number of alkyl halides is 2. The number of halogens is 2. The lowest BCUT2D eigenvalue weighted by Crippen LogP contribution is -2.52. The Morgan fingerprint density at radius 2 is 2.06 bits per heavy atom. The molecule has 0 aromatic carbocycles. The van der Waals surface area contributed by atoms with Crippen molar-refractivity contribution in [1.29, 1.82) is 0 Å². The first-order valence-corrected chi connectivity index (χ1v) is 6.89. The Labute approximate surface area is 109 Å². The Bertz CT molecular complexity index is 227. The monoisotopic (exact) mass is 264 g/mol. The van der Waals surface area contributed by atoms with Gasteiger partial charge in [0, 0.05) is 31.8 Å². The van der Waals surface area contributed by atoms with Crippen molar-refractivity contribution in [2.75, 3.05) is 26.2 Å². The highest BCUT2D eigenvalue weighted by molar-refractivity contribution is 4.85. The second-order valence-corrected chi connectivity index (χ2v) is 5.51. The number of hydrogen-bond donors (Lipinski definition) is 2. The molecule has 0 aromatic heterocycles. The highest BCUT2D eigenvalue weighted by Crippen LogP contribution is 2.22. The van der Waals surface area contributed by atoms with Crippen molar-refractivity contribution in [2.24, 2.45) is 5.92 Å². The third-order valence-corrected chi connectivity index (χ3v) is 3.63. The quantitative estimate of drug-likeness (QED) is 0.735. The van der Waals surface area contributed by atoms with E-state index in [9.17, 15) is 8.78 Å². The number of aliphatic hydroxyl groups excluding tert-OH is 1. The van der Waals surface area contributed by atoms with E-state index in [0.29, 0.717) is 12.0 Å². The highest BCUT2D eigenvalue weighted by Gasteiger charge is 2.28. The number of rotatable bonds is 7. The van der Waals surface area contributed by atoms with Crippen LogP contribution in [0.1, 0.15) is 33.1 Å². The van der Waals surface area contributed by atoms with Gasteiger partial charge in [-0.25, -0.2) is 8.78 Å². The van der Waals surface area contributed by atoms with E-state index >= 15 is 0 Å². The first-order chi connectivity index (χ1) is 8.52. The third-order valence-electron chi connectivity index (χ3n) is 3.63. The van der Waals surface area contributed by atoms with Gasteiger partial charge in [0.05, 0.1) is 6.54 Å². The van der Waals surface area contributed by atoms with Crippen LogP contribution in [0.2, 0.25) is 0 Å². The van der Waals surface area contributed by atoms with E-state index in [4.69, 9.17) is 5.11 Å². The van der Waals surface area contributed by atoms with Crippen molar-refractivity contribution < 1.29 is 13.9 Å². The number of nitrogens with one attached hydrogen (secondary N) is 1. The van der Waals surface area contributed by atoms with Gasteiger partial charge in [0.25, 0.3) is 6.43 Å². The maximum Gasteiger partial charge on any atom is 0.250 e. The Balaban J connectivity index is 2.45. The molecule has 1 aliphatic heterocycles. The fourth-order valence-electron chi connectivity index (χ4n) is 2.66. The fourth-order valence-corrected chi connectivity index (χ4v) is 2.66. The molecule has 1 aliphatic rings. The largest absolute Gasteiger partial charge is 0.396 e. The van der Waals surface area contributed by atoms with E-state index < -0.39 is 6.43 Å². The summed E-state index contributed by atoms with van der Waals surface area (Å²) in [6.45, 7) is 6.14. The van der Waals surface area contributed by atoms with Crippen LogP contribution in [0.25, 0.3) is 0 Å². The molecule has 5 heteroatoms. The van der Waals surface area contributed by atoms with E-state index in [2.05, 4.69) is 24.1 Å². The van der Waals surface area contributed by atoms with Gasteiger partial charge in [-0.15, -0.1) is 0 Å². The van der Waals surface area contributed by atoms with Crippen molar-refractivity contribution in [3.05, 3.63) is 0 Å². The zero-order valence-corrected chi connectivity index (χ0v) is 11.4. The number of hydrogen-bond acceptors (Lipinski definition) is 3. The minimum Gasteiger partial charge on any atom is -0.396 e. The fraction of sp³-hybridized carbons (Fsp3) is 1.00. The summed E-state index contributed by atoms with van der Waals surface area (Å²) in [4.78, 5) is 2.34. The molecular formula is C13H26F2N2O. The summed E-state index contributed by atoms with van der Waals surface area (Å²) in [7, 11) is 0. The van der Waals surface area contributed by atoms with E-state index in [1.54, 1.807) is 0 Å². The molecule has 0 spiro atoms. The predicted molar refractivity (Wildman–Crippen MR) is 68.9 cm³/mol. The van der Waals surface area contributed by atoms with Crippen LogP contribution < -0.4 is 5.32 Å². The van der Waals surface area contributed by atoms with Gasteiger partial charge in [-0.2, -0.15) is 0 Å². The second kappa shape index (κ2) is 8.02. The van der Waals surface area contributed by atoms with Crippen molar-refractivity contribution in [3.63, 3.8) is 0 Å². The smallest absolute Gasteiger partial charge is 0.250 e. The van der Waals surface area contributed by atoms with Gasteiger partial charge < -0.3 is 10.4 Å². The predicted octanol–water partition coefficient (Wildman–Crippen LogP) is 1.71. The molecule has 0 aromatic rings. The first-order valence-electron chi connectivity index (χ1n) is 6.89. The summed E-state index contributed by atoms with van der Waals surface area (Å²) in [5.74, 6) is 0.503. The van der Waals surface area contributed by atoms with Crippen molar-refractivity contribution in [2.45, 2.75) is 51.6 Å². The Kier molecular flexibility index (Phi) is 7.04. The SMILES string of the molecule is CC(C)N1CC(CCCO)CC(NCC(F)F)C1. The number of piperidine rings is 1.